The monoisotopic (exact) mass is 420 g/mol. The Hall–Kier alpha value is -2.18. The molecule has 2 N–H and O–H groups in total. The fourth-order valence-electron chi connectivity index (χ4n) is 2.55. The molecule has 0 fully saturated rings. The van der Waals surface area contributed by atoms with E-state index < -0.39 is 6.04 Å². The molecule has 7 heteroatoms. The second-order valence-electron chi connectivity index (χ2n) is 6.29. The van der Waals surface area contributed by atoms with E-state index in [0.29, 0.717) is 17.2 Å². The molecule has 0 heterocycles. The van der Waals surface area contributed by atoms with Crippen molar-refractivity contribution in [1.29, 1.82) is 0 Å². The minimum Gasteiger partial charge on any atom is -0.484 e. The Balaban J connectivity index is 1.91. The van der Waals surface area contributed by atoms with Crippen molar-refractivity contribution in [3.8, 4) is 5.75 Å². The molecule has 2 aromatic rings. The predicted octanol–water partition coefficient (Wildman–Crippen LogP) is 3.83. The van der Waals surface area contributed by atoms with E-state index in [9.17, 15) is 9.59 Å². The molecule has 0 spiro atoms. The summed E-state index contributed by atoms with van der Waals surface area (Å²) < 4.78 is 5.45. The summed E-state index contributed by atoms with van der Waals surface area (Å²) in [5.41, 5.74) is 0.945. The van der Waals surface area contributed by atoms with E-state index in [-0.39, 0.29) is 24.5 Å². The standard InChI is InChI=1S/C21H25ClN2O3S/c1-15(16-8-10-17(22)11-9-16)23-21(26)19(12-13-28-2)24-20(25)14-27-18-6-4-3-5-7-18/h3-11,15,19H,12-14H2,1-2H3,(H,23,26)(H,24,25). The summed E-state index contributed by atoms with van der Waals surface area (Å²) in [6.07, 6.45) is 2.50. The van der Waals surface area contributed by atoms with Crippen LogP contribution in [-0.4, -0.2) is 36.5 Å². The van der Waals surface area contributed by atoms with Crippen molar-refractivity contribution >= 4 is 35.2 Å². The lowest BCUT2D eigenvalue weighted by molar-refractivity contribution is -0.130. The third-order valence-corrected chi connectivity index (χ3v) is 5.00. The van der Waals surface area contributed by atoms with Gasteiger partial charge in [-0.1, -0.05) is 41.9 Å². The minimum atomic E-state index is -0.617. The molecular formula is C21H25ClN2O3S. The van der Waals surface area contributed by atoms with Crippen LogP contribution in [0, 0.1) is 0 Å². The summed E-state index contributed by atoms with van der Waals surface area (Å²) in [5, 5.41) is 6.38. The first-order valence-corrected chi connectivity index (χ1v) is 10.8. The lowest BCUT2D eigenvalue weighted by atomic mass is 10.1. The number of benzene rings is 2. The van der Waals surface area contributed by atoms with Crippen LogP contribution in [0.1, 0.15) is 24.9 Å². The average molecular weight is 421 g/mol. The first kappa shape index (κ1) is 22.1. The van der Waals surface area contributed by atoms with Gasteiger partial charge in [-0.05, 0) is 55.2 Å². The zero-order chi connectivity index (χ0) is 20.4. The van der Waals surface area contributed by atoms with Crippen molar-refractivity contribution in [2.75, 3.05) is 18.6 Å². The van der Waals surface area contributed by atoms with Crippen LogP contribution in [0.4, 0.5) is 0 Å². The lowest BCUT2D eigenvalue weighted by Crippen LogP contribution is -2.48. The largest absolute Gasteiger partial charge is 0.484 e. The number of nitrogens with one attached hydrogen (secondary N) is 2. The van der Waals surface area contributed by atoms with Crippen LogP contribution in [-0.2, 0) is 9.59 Å². The number of rotatable bonds is 10. The van der Waals surface area contributed by atoms with Gasteiger partial charge in [0.15, 0.2) is 6.61 Å². The van der Waals surface area contributed by atoms with Gasteiger partial charge >= 0.3 is 0 Å². The van der Waals surface area contributed by atoms with Crippen molar-refractivity contribution in [2.45, 2.75) is 25.4 Å². The zero-order valence-electron chi connectivity index (χ0n) is 16.0. The molecule has 0 aliphatic carbocycles. The SMILES string of the molecule is CSCCC(NC(=O)COc1ccccc1)C(=O)NC(C)c1ccc(Cl)cc1. The topological polar surface area (TPSA) is 67.4 Å². The Morgan fingerprint density at radius 1 is 1.07 bits per heavy atom. The van der Waals surface area contributed by atoms with Gasteiger partial charge in [0.25, 0.3) is 5.91 Å². The summed E-state index contributed by atoms with van der Waals surface area (Å²) in [7, 11) is 0. The highest BCUT2D eigenvalue weighted by molar-refractivity contribution is 7.98. The molecule has 5 nitrogen and oxygen atoms in total. The number of thioether (sulfide) groups is 1. The van der Waals surface area contributed by atoms with Crippen LogP contribution in [0.2, 0.25) is 5.02 Å². The van der Waals surface area contributed by atoms with E-state index in [4.69, 9.17) is 16.3 Å². The third-order valence-electron chi connectivity index (χ3n) is 4.10. The molecule has 0 aliphatic rings. The second-order valence-corrected chi connectivity index (χ2v) is 7.71. The summed E-state index contributed by atoms with van der Waals surface area (Å²) in [4.78, 5) is 25.0. The molecule has 0 radical (unpaired) electrons. The van der Waals surface area contributed by atoms with Crippen molar-refractivity contribution in [3.05, 3.63) is 65.2 Å². The highest BCUT2D eigenvalue weighted by Crippen LogP contribution is 2.16. The first-order chi connectivity index (χ1) is 13.5. The highest BCUT2D eigenvalue weighted by atomic mass is 35.5. The van der Waals surface area contributed by atoms with Crippen molar-refractivity contribution < 1.29 is 14.3 Å². The van der Waals surface area contributed by atoms with Crippen LogP contribution in [0.25, 0.3) is 0 Å². The maximum atomic E-state index is 12.7. The molecule has 2 aromatic carbocycles. The number of halogens is 1. The Kier molecular flexibility index (Phi) is 9.17. The number of para-hydroxylation sites is 1. The number of hydrogen-bond donors (Lipinski definition) is 2. The first-order valence-electron chi connectivity index (χ1n) is 9.01. The summed E-state index contributed by atoms with van der Waals surface area (Å²) in [5.74, 6) is 0.820. The van der Waals surface area contributed by atoms with Gasteiger partial charge in [0.1, 0.15) is 11.8 Å². The van der Waals surface area contributed by atoms with Gasteiger partial charge in [0.2, 0.25) is 5.91 Å². The van der Waals surface area contributed by atoms with Gasteiger partial charge in [-0.25, -0.2) is 0 Å². The molecule has 0 bridgehead atoms. The van der Waals surface area contributed by atoms with Crippen LogP contribution in [0.3, 0.4) is 0 Å². The maximum Gasteiger partial charge on any atom is 0.258 e. The lowest BCUT2D eigenvalue weighted by Gasteiger charge is -2.21. The Morgan fingerprint density at radius 3 is 2.39 bits per heavy atom. The van der Waals surface area contributed by atoms with Crippen LogP contribution in [0.5, 0.6) is 5.75 Å². The van der Waals surface area contributed by atoms with Gasteiger partial charge in [-0.3, -0.25) is 9.59 Å². The number of carbonyl (C=O) groups is 2. The number of carbonyl (C=O) groups excluding carboxylic acids is 2. The molecule has 150 valence electrons. The molecule has 2 unspecified atom stereocenters. The van der Waals surface area contributed by atoms with Crippen molar-refractivity contribution in [1.82, 2.24) is 10.6 Å². The fourth-order valence-corrected chi connectivity index (χ4v) is 3.15. The normalized spacial score (nSPS) is 12.7. The minimum absolute atomic E-state index is 0.139. The van der Waals surface area contributed by atoms with E-state index in [1.165, 1.54) is 0 Å². The zero-order valence-corrected chi connectivity index (χ0v) is 17.6. The van der Waals surface area contributed by atoms with Gasteiger partial charge < -0.3 is 15.4 Å². The van der Waals surface area contributed by atoms with E-state index in [2.05, 4.69) is 10.6 Å². The summed E-state index contributed by atoms with van der Waals surface area (Å²) in [6, 6.07) is 15.6. The molecule has 2 atom stereocenters. The van der Waals surface area contributed by atoms with Crippen LogP contribution < -0.4 is 15.4 Å². The Morgan fingerprint density at radius 2 is 1.75 bits per heavy atom. The molecule has 2 amide bonds. The Labute approximate surface area is 175 Å². The van der Waals surface area contributed by atoms with E-state index in [0.717, 1.165) is 11.3 Å². The smallest absolute Gasteiger partial charge is 0.258 e. The number of ether oxygens (including phenoxy) is 1. The summed E-state index contributed by atoms with van der Waals surface area (Å²) in [6.45, 7) is 1.76. The third kappa shape index (κ3) is 7.44. The molecule has 0 saturated carbocycles. The molecule has 28 heavy (non-hydrogen) atoms. The fraction of sp³-hybridized carbons (Fsp3) is 0.333. The van der Waals surface area contributed by atoms with Crippen molar-refractivity contribution in [2.24, 2.45) is 0 Å². The molecule has 0 saturated heterocycles. The van der Waals surface area contributed by atoms with E-state index >= 15 is 0 Å². The van der Waals surface area contributed by atoms with Gasteiger partial charge in [-0.2, -0.15) is 11.8 Å². The van der Waals surface area contributed by atoms with Gasteiger partial charge in [0.05, 0.1) is 6.04 Å². The van der Waals surface area contributed by atoms with Crippen LogP contribution >= 0.6 is 23.4 Å². The number of amides is 2. The second kappa shape index (κ2) is 11.6. The molecular weight excluding hydrogens is 396 g/mol. The van der Waals surface area contributed by atoms with E-state index in [1.807, 2.05) is 43.5 Å². The molecule has 2 rings (SSSR count). The molecule has 0 aliphatic heterocycles. The number of hydrogen-bond acceptors (Lipinski definition) is 4. The Bertz CT molecular complexity index is 756. The van der Waals surface area contributed by atoms with E-state index in [1.54, 1.807) is 36.0 Å². The highest BCUT2D eigenvalue weighted by Gasteiger charge is 2.22. The summed E-state index contributed by atoms with van der Waals surface area (Å²) >= 11 is 7.54. The van der Waals surface area contributed by atoms with Gasteiger partial charge in [-0.15, -0.1) is 0 Å². The predicted molar refractivity (Wildman–Crippen MR) is 115 cm³/mol. The quantitative estimate of drug-likeness (QED) is 0.613. The maximum absolute atomic E-state index is 12.7. The average Bonchev–Trinajstić information content (AvgIpc) is 2.70. The van der Waals surface area contributed by atoms with Gasteiger partial charge in [0, 0.05) is 5.02 Å². The van der Waals surface area contributed by atoms with Crippen molar-refractivity contribution in [3.63, 3.8) is 0 Å². The molecule has 0 aromatic heterocycles. The van der Waals surface area contributed by atoms with Crippen LogP contribution in [0.15, 0.2) is 54.6 Å².